The van der Waals surface area contributed by atoms with Crippen LogP contribution in [0.2, 0.25) is 0 Å². The number of ether oxygens (including phenoxy) is 1. The maximum Gasteiger partial charge on any atom is 0.251 e. The fraction of sp³-hybridized carbons (Fsp3) is 0.500. The first kappa shape index (κ1) is 12.4. The van der Waals surface area contributed by atoms with Crippen molar-refractivity contribution in [3.8, 4) is 0 Å². The lowest BCUT2D eigenvalue weighted by molar-refractivity contribution is 0.0264. The lowest BCUT2D eigenvalue weighted by Gasteiger charge is -2.20. The van der Waals surface area contributed by atoms with Crippen LogP contribution in [0.1, 0.15) is 22.3 Å². The molecular weight excluding hydrogens is 244 g/mol. The van der Waals surface area contributed by atoms with E-state index in [1.807, 2.05) is 18.2 Å². The highest BCUT2D eigenvalue weighted by molar-refractivity contribution is 5.95. The highest BCUT2D eigenvalue weighted by Gasteiger charge is 2.32. The Hall–Kier alpha value is -1.59. The van der Waals surface area contributed by atoms with Crippen LogP contribution in [0.4, 0.5) is 5.69 Å². The number of hydrogen-bond donors (Lipinski definition) is 3. The number of rotatable bonds is 3. The molecule has 2 heterocycles. The lowest BCUT2D eigenvalue weighted by Crippen LogP contribution is -2.43. The second kappa shape index (κ2) is 4.83. The van der Waals surface area contributed by atoms with E-state index in [1.165, 1.54) is 5.56 Å². The summed E-state index contributed by atoms with van der Waals surface area (Å²) in [6.07, 6.45) is 1.52. The summed E-state index contributed by atoms with van der Waals surface area (Å²) < 4.78 is 5.15. The van der Waals surface area contributed by atoms with Crippen LogP contribution in [0.25, 0.3) is 0 Å². The fourth-order valence-corrected chi connectivity index (χ4v) is 2.53. The van der Waals surface area contributed by atoms with Crippen LogP contribution in [0.3, 0.4) is 0 Å². The molecule has 0 aromatic heterocycles. The number of carbonyl (C=O) groups is 1. The molecule has 1 amide bonds. The SMILES string of the molecule is O=C(NCC1(O)CCOC1)c1ccc2c(c1)CCN2. The molecule has 3 rings (SSSR count). The van der Waals surface area contributed by atoms with Gasteiger partial charge in [0.05, 0.1) is 6.61 Å². The zero-order valence-electron chi connectivity index (χ0n) is 10.7. The molecule has 0 bridgehead atoms. The predicted molar refractivity (Wildman–Crippen MR) is 71.4 cm³/mol. The summed E-state index contributed by atoms with van der Waals surface area (Å²) in [5.41, 5.74) is 2.02. The summed E-state index contributed by atoms with van der Waals surface area (Å²) in [7, 11) is 0. The Balaban J connectivity index is 1.64. The van der Waals surface area contributed by atoms with Crippen LogP contribution in [0.5, 0.6) is 0 Å². The van der Waals surface area contributed by atoms with Gasteiger partial charge in [-0.15, -0.1) is 0 Å². The van der Waals surface area contributed by atoms with Gasteiger partial charge in [-0.1, -0.05) is 0 Å². The van der Waals surface area contributed by atoms with Gasteiger partial charge in [0.2, 0.25) is 0 Å². The molecule has 0 radical (unpaired) electrons. The van der Waals surface area contributed by atoms with Gasteiger partial charge in [0, 0.05) is 37.4 Å². The highest BCUT2D eigenvalue weighted by Crippen LogP contribution is 2.23. The smallest absolute Gasteiger partial charge is 0.251 e. The minimum atomic E-state index is -0.909. The van der Waals surface area contributed by atoms with Crippen LogP contribution in [-0.2, 0) is 11.2 Å². The van der Waals surface area contributed by atoms with E-state index in [4.69, 9.17) is 4.74 Å². The van der Waals surface area contributed by atoms with Gasteiger partial charge in [-0.25, -0.2) is 0 Å². The van der Waals surface area contributed by atoms with Crippen LogP contribution in [0.15, 0.2) is 18.2 Å². The Labute approximate surface area is 112 Å². The van der Waals surface area contributed by atoms with E-state index >= 15 is 0 Å². The maximum absolute atomic E-state index is 12.1. The van der Waals surface area contributed by atoms with Crippen molar-refractivity contribution in [2.75, 3.05) is 31.6 Å². The summed E-state index contributed by atoms with van der Waals surface area (Å²) in [4.78, 5) is 12.1. The molecule has 0 aliphatic carbocycles. The van der Waals surface area contributed by atoms with Gasteiger partial charge < -0.3 is 20.5 Å². The Bertz CT molecular complexity index is 495. The van der Waals surface area contributed by atoms with E-state index in [2.05, 4.69) is 10.6 Å². The molecule has 0 saturated carbocycles. The Morgan fingerprint density at radius 2 is 2.42 bits per heavy atom. The van der Waals surface area contributed by atoms with Crippen molar-refractivity contribution < 1.29 is 14.6 Å². The number of anilines is 1. The number of aliphatic hydroxyl groups is 1. The first-order valence-corrected chi connectivity index (χ1v) is 6.61. The quantitative estimate of drug-likeness (QED) is 0.743. The third-order valence-corrected chi connectivity index (χ3v) is 3.74. The Morgan fingerprint density at radius 1 is 1.53 bits per heavy atom. The molecule has 0 spiro atoms. The number of nitrogens with one attached hydrogen (secondary N) is 2. The van der Waals surface area contributed by atoms with Gasteiger partial charge in [-0.2, -0.15) is 0 Å². The lowest BCUT2D eigenvalue weighted by atomic mass is 10.0. The average Bonchev–Trinajstić information content (AvgIpc) is 3.04. The van der Waals surface area contributed by atoms with Gasteiger partial charge in [0.25, 0.3) is 5.91 Å². The summed E-state index contributed by atoms with van der Waals surface area (Å²) >= 11 is 0. The van der Waals surface area contributed by atoms with Gasteiger partial charge in [0.15, 0.2) is 0 Å². The molecule has 5 heteroatoms. The largest absolute Gasteiger partial charge is 0.386 e. The van der Waals surface area contributed by atoms with Gasteiger partial charge in [0.1, 0.15) is 5.60 Å². The number of hydrogen-bond acceptors (Lipinski definition) is 4. The van der Waals surface area contributed by atoms with E-state index in [0.29, 0.717) is 25.2 Å². The van der Waals surface area contributed by atoms with Crippen molar-refractivity contribution in [1.82, 2.24) is 5.32 Å². The Kier molecular flexibility index (Phi) is 3.16. The number of fused-ring (bicyclic) bond motifs is 1. The van der Waals surface area contributed by atoms with E-state index in [1.54, 1.807) is 0 Å². The molecule has 1 fully saturated rings. The van der Waals surface area contributed by atoms with E-state index in [-0.39, 0.29) is 12.5 Å². The van der Waals surface area contributed by atoms with Crippen molar-refractivity contribution in [3.63, 3.8) is 0 Å². The van der Waals surface area contributed by atoms with Crippen LogP contribution in [-0.4, -0.2) is 42.9 Å². The second-order valence-electron chi connectivity index (χ2n) is 5.26. The first-order valence-electron chi connectivity index (χ1n) is 6.61. The minimum absolute atomic E-state index is 0.143. The highest BCUT2D eigenvalue weighted by atomic mass is 16.5. The average molecular weight is 262 g/mol. The van der Waals surface area contributed by atoms with E-state index in [0.717, 1.165) is 18.7 Å². The van der Waals surface area contributed by atoms with Crippen molar-refractivity contribution in [1.29, 1.82) is 0 Å². The summed E-state index contributed by atoms with van der Waals surface area (Å²) in [5.74, 6) is -0.143. The van der Waals surface area contributed by atoms with Gasteiger partial charge in [-0.05, 0) is 30.2 Å². The molecule has 1 saturated heterocycles. The van der Waals surface area contributed by atoms with Gasteiger partial charge >= 0.3 is 0 Å². The summed E-state index contributed by atoms with van der Waals surface area (Å²) in [5, 5.41) is 16.1. The normalized spacial score (nSPS) is 24.9. The molecule has 19 heavy (non-hydrogen) atoms. The molecular formula is C14H18N2O3. The molecule has 2 aliphatic rings. The second-order valence-corrected chi connectivity index (χ2v) is 5.26. The molecule has 102 valence electrons. The van der Waals surface area contributed by atoms with E-state index in [9.17, 15) is 9.90 Å². The number of benzene rings is 1. The molecule has 1 aromatic carbocycles. The standard InChI is InChI=1S/C14H18N2O3/c17-13(16-8-14(18)4-6-19-9-14)11-1-2-12-10(7-11)3-5-15-12/h1-2,7,15,18H,3-6,8-9H2,(H,16,17). The fourth-order valence-electron chi connectivity index (χ4n) is 2.53. The van der Waals surface area contributed by atoms with Crippen molar-refractivity contribution >= 4 is 11.6 Å². The predicted octanol–water partition coefficient (Wildman–Crippen LogP) is 0.536. The van der Waals surface area contributed by atoms with Crippen LogP contribution < -0.4 is 10.6 Å². The molecule has 1 atom stereocenters. The Morgan fingerprint density at radius 3 is 3.21 bits per heavy atom. The van der Waals surface area contributed by atoms with Crippen molar-refractivity contribution in [3.05, 3.63) is 29.3 Å². The zero-order valence-corrected chi connectivity index (χ0v) is 10.7. The summed E-state index contributed by atoms with van der Waals surface area (Å²) in [6.45, 7) is 2.01. The van der Waals surface area contributed by atoms with E-state index < -0.39 is 5.60 Å². The first-order chi connectivity index (χ1) is 9.16. The van der Waals surface area contributed by atoms with Crippen LogP contribution >= 0.6 is 0 Å². The van der Waals surface area contributed by atoms with Crippen LogP contribution in [0, 0.1) is 0 Å². The van der Waals surface area contributed by atoms with Crippen molar-refractivity contribution in [2.24, 2.45) is 0 Å². The third kappa shape index (κ3) is 2.57. The summed E-state index contributed by atoms with van der Waals surface area (Å²) in [6, 6.07) is 5.66. The minimum Gasteiger partial charge on any atom is -0.386 e. The van der Waals surface area contributed by atoms with Crippen molar-refractivity contribution in [2.45, 2.75) is 18.4 Å². The molecule has 5 nitrogen and oxygen atoms in total. The molecule has 1 unspecified atom stereocenters. The molecule has 3 N–H and O–H groups in total. The molecule has 2 aliphatic heterocycles. The number of amides is 1. The monoisotopic (exact) mass is 262 g/mol. The maximum atomic E-state index is 12.1. The third-order valence-electron chi connectivity index (χ3n) is 3.74. The topological polar surface area (TPSA) is 70.6 Å². The number of carbonyl (C=O) groups excluding carboxylic acids is 1. The van der Waals surface area contributed by atoms with Gasteiger partial charge in [-0.3, -0.25) is 4.79 Å². The molecule has 1 aromatic rings. The zero-order chi connectivity index (χ0) is 13.3.